The minimum atomic E-state index is -4.93. The van der Waals surface area contributed by atoms with Gasteiger partial charge in [-0.15, -0.1) is 0 Å². The van der Waals surface area contributed by atoms with Crippen molar-refractivity contribution in [1.82, 2.24) is 25.1 Å². The first kappa shape index (κ1) is 26.3. The maximum Gasteiger partial charge on any atom is 0.471 e. The smallest absolute Gasteiger partial charge is 0.394 e. The van der Waals surface area contributed by atoms with E-state index < -0.39 is 29.8 Å². The Labute approximate surface area is 208 Å². The van der Waals surface area contributed by atoms with Crippen molar-refractivity contribution in [3.8, 4) is 11.1 Å². The standard InChI is InChI=1S/C23H24F5N7O2/c24-14-7-15(25)9-18(8-14)33-22-29-11-19(13-10-30-35(12-13)5-6-36)20(34-22)31-16-1-3-17(4-2-16)32-21(37)23(26,27)28/h7-12,16-17,36H,1-6H2,(H,32,37)(H2,29,31,33,34). The predicted octanol–water partition coefficient (Wildman–Crippen LogP) is 3.76. The lowest BCUT2D eigenvalue weighted by Gasteiger charge is -2.30. The molecule has 37 heavy (non-hydrogen) atoms. The van der Waals surface area contributed by atoms with Gasteiger partial charge < -0.3 is 21.1 Å². The zero-order valence-electron chi connectivity index (χ0n) is 19.4. The van der Waals surface area contributed by atoms with Crippen LogP contribution in [0.25, 0.3) is 11.1 Å². The Morgan fingerprint density at radius 2 is 1.73 bits per heavy atom. The van der Waals surface area contributed by atoms with Gasteiger partial charge in [-0.25, -0.2) is 13.8 Å². The number of benzene rings is 1. The fraction of sp³-hybridized carbons (Fsp3) is 0.391. The van der Waals surface area contributed by atoms with Gasteiger partial charge in [0.15, 0.2) is 0 Å². The zero-order chi connectivity index (χ0) is 26.6. The van der Waals surface area contributed by atoms with Crippen molar-refractivity contribution in [3.05, 3.63) is 48.4 Å². The van der Waals surface area contributed by atoms with Gasteiger partial charge in [-0.1, -0.05) is 0 Å². The van der Waals surface area contributed by atoms with Gasteiger partial charge in [0.25, 0.3) is 0 Å². The van der Waals surface area contributed by atoms with Crippen LogP contribution in [0.5, 0.6) is 0 Å². The average molecular weight is 525 g/mol. The van der Waals surface area contributed by atoms with E-state index >= 15 is 0 Å². The second kappa shape index (κ2) is 11.1. The van der Waals surface area contributed by atoms with E-state index in [-0.39, 0.29) is 30.8 Å². The van der Waals surface area contributed by atoms with Gasteiger partial charge in [-0.2, -0.15) is 23.3 Å². The Bertz CT molecular complexity index is 1220. The van der Waals surface area contributed by atoms with Crippen molar-refractivity contribution in [1.29, 1.82) is 0 Å². The lowest BCUT2D eigenvalue weighted by atomic mass is 9.91. The summed E-state index contributed by atoms with van der Waals surface area (Å²) in [6.45, 7) is 0.173. The summed E-state index contributed by atoms with van der Waals surface area (Å²) < 4.78 is 66.4. The maximum absolute atomic E-state index is 13.6. The third kappa shape index (κ3) is 6.90. The lowest BCUT2D eigenvalue weighted by Crippen LogP contribution is -2.45. The maximum atomic E-state index is 13.6. The monoisotopic (exact) mass is 525 g/mol. The van der Waals surface area contributed by atoms with Crippen molar-refractivity contribution in [2.24, 2.45) is 0 Å². The highest BCUT2D eigenvalue weighted by molar-refractivity contribution is 5.82. The van der Waals surface area contributed by atoms with E-state index in [2.05, 4.69) is 25.7 Å². The first-order valence-electron chi connectivity index (χ1n) is 11.5. The molecule has 1 aromatic carbocycles. The van der Waals surface area contributed by atoms with Crippen LogP contribution in [-0.2, 0) is 11.3 Å². The fourth-order valence-corrected chi connectivity index (χ4v) is 4.09. The zero-order valence-corrected chi connectivity index (χ0v) is 19.4. The van der Waals surface area contributed by atoms with Crippen LogP contribution in [-0.4, -0.2) is 55.6 Å². The molecule has 0 atom stereocenters. The molecular weight excluding hydrogens is 501 g/mol. The first-order chi connectivity index (χ1) is 17.6. The second-order valence-electron chi connectivity index (χ2n) is 8.62. The quantitative estimate of drug-likeness (QED) is 0.331. The average Bonchev–Trinajstić information content (AvgIpc) is 3.28. The van der Waals surface area contributed by atoms with Crippen LogP contribution in [0.4, 0.5) is 39.4 Å². The number of aromatic nitrogens is 4. The molecule has 9 nitrogen and oxygen atoms in total. The number of nitrogens with one attached hydrogen (secondary N) is 3. The van der Waals surface area contributed by atoms with Crippen molar-refractivity contribution >= 4 is 23.4 Å². The SMILES string of the molecule is O=C(NC1CCC(Nc2nc(Nc3cc(F)cc(F)c3)ncc2-c2cnn(CCO)c2)CC1)C(F)(F)F. The molecule has 4 rings (SSSR count). The third-order valence-corrected chi connectivity index (χ3v) is 5.84. The molecule has 0 spiro atoms. The van der Waals surface area contributed by atoms with E-state index in [0.29, 0.717) is 42.6 Å². The topological polar surface area (TPSA) is 117 Å². The Balaban J connectivity index is 1.53. The molecule has 1 fully saturated rings. The van der Waals surface area contributed by atoms with Crippen LogP contribution in [0.15, 0.2) is 36.8 Å². The highest BCUT2D eigenvalue weighted by atomic mass is 19.4. The van der Waals surface area contributed by atoms with Crippen molar-refractivity contribution < 1.29 is 31.9 Å². The van der Waals surface area contributed by atoms with Gasteiger partial charge in [0, 0.05) is 47.4 Å². The Hall–Kier alpha value is -3.81. The fourth-order valence-electron chi connectivity index (χ4n) is 4.09. The molecule has 2 aromatic heterocycles. The molecule has 1 aliphatic rings. The highest BCUT2D eigenvalue weighted by Gasteiger charge is 2.40. The van der Waals surface area contributed by atoms with Gasteiger partial charge >= 0.3 is 12.1 Å². The van der Waals surface area contributed by atoms with Gasteiger partial charge in [-0.3, -0.25) is 9.48 Å². The van der Waals surface area contributed by atoms with Gasteiger partial charge in [0.05, 0.1) is 19.3 Å². The highest BCUT2D eigenvalue weighted by Crippen LogP contribution is 2.31. The molecule has 0 bridgehead atoms. The second-order valence-corrected chi connectivity index (χ2v) is 8.62. The third-order valence-electron chi connectivity index (χ3n) is 5.84. The Kier molecular flexibility index (Phi) is 7.86. The van der Waals surface area contributed by atoms with Crippen LogP contribution < -0.4 is 16.0 Å². The molecule has 0 radical (unpaired) electrons. The largest absolute Gasteiger partial charge is 0.471 e. The number of halogens is 5. The van der Waals surface area contributed by atoms with Crippen molar-refractivity contribution in [2.75, 3.05) is 17.2 Å². The summed E-state index contributed by atoms with van der Waals surface area (Å²) in [4.78, 5) is 19.9. The van der Waals surface area contributed by atoms with Crippen molar-refractivity contribution in [2.45, 2.75) is 50.5 Å². The summed E-state index contributed by atoms with van der Waals surface area (Å²) in [5, 5.41) is 21.4. The summed E-state index contributed by atoms with van der Waals surface area (Å²) in [5.41, 5.74) is 1.31. The molecule has 3 aromatic rings. The molecule has 1 amide bonds. The molecule has 2 heterocycles. The molecule has 1 saturated carbocycles. The Morgan fingerprint density at radius 3 is 2.38 bits per heavy atom. The number of aliphatic hydroxyl groups is 1. The summed E-state index contributed by atoms with van der Waals surface area (Å²) in [7, 11) is 0. The molecular formula is C23H24F5N7O2. The lowest BCUT2D eigenvalue weighted by molar-refractivity contribution is -0.174. The van der Waals surface area contributed by atoms with E-state index in [1.165, 1.54) is 10.9 Å². The van der Waals surface area contributed by atoms with Crippen LogP contribution in [0.1, 0.15) is 25.7 Å². The summed E-state index contributed by atoms with van der Waals surface area (Å²) in [5.74, 6) is -3.07. The van der Waals surface area contributed by atoms with Crippen LogP contribution in [0.3, 0.4) is 0 Å². The van der Waals surface area contributed by atoms with E-state index in [0.717, 1.165) is 18.2 Å². The molecule has 0 saturated heterocycles. The number of rotatable bonds is 8. The summed E-state index contributed by atoms with van der Waals surface area (Å²) in [6.07, 6.45) is 1.44. The van der Waals surface area contributed by atoms with E-state index in [1.54, 1.807) is 12.4 Å². The number of amides is 1. The number of carbonyl (C=O) groups excluding carboxylic acids is 1. The first-order valence-corrected chi connectivity index (χ1v) is 11.5. The number of carbonyl (C=O) groups is 1. The molecule has 1 aliphatic carbocycles. The van der Waals surface area contributed by atoms with Crippen LogP contribution in [0, 0.1) is 11.6 Å². The number of anilines is 3. The van der Waals surface area contributed by atoms with E-state index in [1.807, 2.05) is 5.32 Å². The Morgan fingerprint density at radius 1 is 1.05 bits per heavy atom. The van der Waals surface area contributed by atoms with Gasteiger partial charge in [0.2, 0.25) is 5.95 Å². The minimum absolute atomic E-state index is 0.0603. The predicted molar refractivity (Wildman–Crippen MR) is 124 cm³/mol. The molecule has 0 unspecified atom stereocenters. The minimum Gasteiger partial charge on any atom is -0.394 e. The van der Waals surface area contributed by atoms with Crippen LogP contribution >= 0.6 is 0 Å². The van der Waals surface area contributed by atoms with Crippen LogP contribution in [0.2, 0.25) is 0 Å². The van der Waals surface area contributed by atoms with E-state index in [4.69, 9.17) is 5.11 Å². The molecule has 198 valence electrons. The number of aliphatic hydroxyl groups excluding tert-OH is 1. The molecule has 4 N–H and O–H groups in total. The molecule has 14 heteroatoms. The summed E-state index contributed by atoms with van der Waals surface area (Å²) >= 11 is 0. The number of hydrogen-bond acceptors (Lipinski definition) is 7. The number of alkyl halides is 3. The normalized spacial score (nSPS) is 17.9. The summed E-state index contributed by atoms with van der Waals surface area (Å²) in [6, 6.07) is 2.15. The van der Waals surface area contributed by atoms with Gasteiger partial charge in [0.1, 0.15) is 17.5 Å². The number of nitrogens with zero attached hydrogens (tertiary/aromatic N) is 4. The van der Waals surface area contributed by atoms with E-state index in [9.17, 15) is 26.7 Å². The van der Waals surface area contributed by atoms with Gasteiger partial charge in [-0.05, 0) is 37.8 Å². The van der Waals surface area contributed by atoms with Crippen molar-refractivity contribution in [3.63, 3.8) is 0 Å². The number of hydrogen-bond donors (Lipinski definition) is 4. The molecule has 0 aliphatic heterocycles.